The molecule has 7 nitrogen and oxygen atoms in total. The third-order valence-corrected chi connectivity index (χ3v) is 3.02. The summed E-state index contributed by atoms with van der Waals surface area (Å²) in [4.78, 5) is 14.3. The molecule has 0 aliphatic heterocycles. The third kappa shape index (κ3) is 3.61. The Kier molecular flexibility index (Phi) is 4.78. The van der Waals surface area contributed by atoms with Crippen molar-refractivity contribution in [2.45, 2.75) is 26.4 Å². The molecular weight excluding hydrogens is 258 g/mol. The van der Waals surface area contributed by atoms with Gasteiger partial charge in [-0.05, 0) is 25.5 Å². The third-order valence-electron chi connectivity index (χ3n) is 3.02. The maximum absolute atomic E-state index is 10.5. The first-order valence-corrected chi connectivity index (χ1v) is 6.51. The highest BCUT2D eigenvalue weighted by Gasteiger charge is 2.04. The average molecular weight is 275 g/mol. The summed E-state index contributed by atoms with van der Waals surface area (Å²) in [6.07, 6.45) is 2.37. The number of aromatic nitrogens is 3. The number of hydrogen-bond acceptors (Lipinski definition) is 5. The van der Waals surface area contributed by atoms with E-state index in [9.17, 15) is 10.1 Å². The second-order valence-corrected chi connectivity index (χ2v) is 4.34. The van der Waals surface area contributed by atoms with Crippen molar-refractivity contribution in [1.82, 2.24) is 20.1 Å². The van der Waals surface area contributed by atoms with Crippen molar-refractivity contribution in [3.63, 3.8) is 0 Å². The Balaban J connectivity index is 1.77. The maximum Gasteiger partial charge on any atom is 0.269 e. The van der Waals surface area contributed by atoms with Crippen LogP contribution in [0.25, 0.3) is 0 Å². The number of aryl methyl sites for hydroxylation is 1. The molecule has 2 aromatic rings. The summed E-state index contributed by atoms with van der Waals surface area (Å²) in [6, 6.07) is 6.63. The van der Waals surface area contributed by atoms with Crippen LogP contribution in [0.3, 0.4) is 0 Å². The van der Waals surface area contributed by atoms with Crippen LogP contribution in [-0.2, 0) is 19.5 Å². The van der Waals surface area contributed by atoms with Crippen molar-refractivity contribution in [3.8, 4) is 0 Å². The zero-order chi connectivity index (χ0) is 14.4. The number of non-ortho nitro benzene ring substituents is 1. The van der Waals surface area contributed by atoms with Crippen LogP contribution >= 0.6 is 0 Å². The molecule has 0 amide bonds. The molecule has 0 saturated heterocycles. The summed E-state index contributed by atoms with van der Waals surface area (Å²) in [6.45, 7) is 4.28. The molecule has 0 aliphatic rings. The second kappa shape index (κ2) is 6.76. The Bertz CT molecular complexity index is 564. The molecule has 0 fully saturated rings. The van der Waals surface area contributed by atoms with Crippen LogP contribution in [0.2, 0.25) is 0 Å². The fourth-order valence-corrected chi connectivity index (χ4v) is 1.91. The van der Waals surface area contributed by atoms with Gasteiger partial charge in [-0.2, -0.15) is 5.10 Å². The molecule has 1 N–H and O–H groups in total. The van der Waals surface area contributed by atoms with Gasteiger partial charge >= 0.3 is 0 Å². The highest BCUT2D eigenvalue weighted by molar-refractivity contribution is 5.32. The van der Waals surface area contributed by atoms with Crippen LogP contribution in [0.15, 0.2) is 30.6 Å². The number of hydrogen-bond donors (Lipinski definition) is 1. The first-order valence-electron chi connectivity index (χ1n) is 6.51. The van der Waals surface area contributed by atoms with E-state index in [4.69, 9.17) is 0 Å². The minimum atomic E-state index is -0.389. The summed E-state index contributed by atoms with van der Waals surface area (Å²) in [5.41, 5.74) is 1.19. The lowest BCUT2D eigenvalue weighted by Crippen LogP contribution is -2.19. The van der Waals surface area contributed by atoms with E-state index >= 15 is 0 Å². The standard InChI is InChI=1S/C13H17N5O2/c1-2-17-13(15-10-16-17)9-14-8-7-11-3-5-12(6-4-11)18(19)20/h3-6,10,14H,2,7-9H2,1H3. The number of nitrogens with zero attached hydrogens (tertiary/aromatic N) is 4. The van der Waals surface area contributed by atoms with Crippen LogP contribution in [0, 0.1) is 10.1 Å². The topological polar surface area (TPSA) is 85.9 Å². The van der Waals surface area contributed by atoms with Gasteiger partial charge in [0.25, 0.3) is 5.69 Å². The Morgan fingerprint density at radius 1 is 1.35 bits per heavy atom. The molecule has 1 aromatic carbocycles. The van der Waals surface area contributed by atoms with Crippen molar-refractivity contribution < 1.29 is 4.92 Å². The first kappa shape index (κ1) is 14.1. The summed E-state index contributed by atoms with van der Waals surface area (Å²) in [5.74, 6) is 0.913. The highest BCUT2D eigenvalue weighted by Crippen LogP contribution is 2.11. The number of benzene rings is 1. The monoisotopic (exact) mass is 275 g/mol. The molecule has 0 aliphatic carbocycles. The van der Waals surface area contributed by atoms with E-state index in [1.165, 1.54) is 12.1 Å². The number of nitro groups is 1. The van der Waals surface area contributed by atoms with Gasteiger partial charge in [0, 0.05) is 18.7 Å². The molecule has 0 radical (unpaired) electrons. The van der Waals surface area contributed by atoms with Gasteiger partial charge in [-0.15, -0.1) is 0 Å². The zero-order valence-corrected chi connectivity index (χ0v) is 11.3. The van der Waals surface area contributed by atoms with E-state index < -0.39 is 0 Å². The highest BCUT2D eigenvalue weighted by atomic mass is 16.6. The van der Waals surface area contributed by atoms with E-state index in [1.807, 2.05) is 11.6 Å². The summed E-state index contributed by atoms with van der Waals surface area (Å²) in [7, 11) is 0. The van der Waals surface area contributed by atoms with Crippen LogP contribution in [0.1, 0.15) is 18.3 Å². The van der Waals surface area contributed by atoms with Crippen LogP contribution in [-0.4, -0.2) is 26.2 Å². The molecule has 7 heteroatoms. The summed E-state index contributed by atoms with van der Waals surface area (Å²) >= 11 is 0. The largest absolute Gasteiger partial charge is 0.310 e. The Morgan fingerprint density at radius 2 is 2.10 bits per heavy atom. The fraction of sp³-hybridized carbons (Fsp3) is 0.385. The van der Waals surface area contributed by atoms with E-state index in [2.05, 4.69) is 15.4 Å². The molecule has 0 atom stereocenters. The molecule has 0 unspecified atom stereocenters. The molecule has 2 rings (SSSR count). The lowest BCUT2D eigenvalue weighted by atomic mass is 10.1. The minimum absolute atomic E-state index is 0.123. The molecule has 20 heavy (non-hydrogen) atoms. The number of nitrogens with one attached hydrogen (secondary N) is 1. The van der Waals surface area contributed by atoms with Gasteiger partial charge in [0.05, 0.1) is 11.5 Å². The van der Waals surface area contributed by atoms with Gasteiger partial charge in [0.2, 0.25) is 0 Å². The molecule has 0 saturated carbocycles. The van der Waals surface area contributed by atoms with Gasteiger partial charge in [0.15, 0.2) is 0 Å². The van der Waals surface area contributed by atoms with E-state index in [-0.39, 0.29) is 10.6 Å². The van der Waals surface area contributed by atoms with Crippen molar-refractivity contribution >= 4 is 5.69 Å². The predicted molar refractivity (Wildman–Crippen MR) is 74.2 cm³/mol. The van der Waals surface area contributed by atoms with Crippen molar-refractivity contribution in [2.75, 3.05) is 6.54 Å². The van der Waals surface area contributed by atoms with Crippen molar-refractivity contribution in [2.24, 2.45) is 0 Å². The molecule has 1 aromatic heterocycles. The quantitative estimate of drug-likeness (QED) is 0.470. The molecule has 0 spiro atoms. The zero-order valence-electron chi connectivity index (χ0n) is 11.3. The van der Waals surface area contributed by atoms with Crippen LogP contribution in [0.4, 0.5) is 5.69 Å². The Labute approximate surface area is 116 Å². The van der Waals surface area contributed by atoms with Gasteiger partial charge < -0.3 is 5.32 Å². The molecule has 106 valence electrons. The van der Waals surface area contributed by atoms with Crippen LogP contribution < -0.4 is 5.32 Å². The molecule has 0 bridgehead atoms. The van der Waals surface area contributed by atoms with Gasteiger partial charge in [-0.3, -0.25) is 10.1 Å². The fourth-order valence-electron chi connectivity index (χ4n) is 1.91. The minimum Gasteiger partial charge on any atom is -0.310 e. The normalized spacial score (nSPS) is 10.7. The van der Waals surface area contributed by atoms with E-state index in [0.717, 1.165) is 30.9 Å². The van der Waals surface area contributed by atoms with Crippen molar-refractivity contribution in [1.29, 1.82) is 0 Å². The predicted octanol–water partition coefficient (Wildman–Crippen LogP) is 1.54. The van der Waals surface area contributed by atoms with Gasteiger partial charge in [0.1, 0.15) is 12.2 Å². The first-order chi connectivity index (χ1) is 9.70. The maximum atomic E-state index is 10.5. The lowest BCUT2D eigenvalue weighted by Gasteiger charge is -2.05. The molecular formula is C13H17N5O2. The summed E-state index contributed by atoms with van der Waals surface area (Å²) < 4.78 is 1.85. The van der Waals surface area contributed by atoms with Crippen molar-refractivity contribution in [3.05, 3.63) is 52.1 Å². The second-order valence-electron chi connectivity index (χ2n) is 4.34. The van der Waals surface area contributed by atoms with Crippen LogP contribution in [0.5, 0.6) is 0 Å². The van der Waals surface area contributed by atoms with Gasteiger partial charge in [-0.25, -0.2) is 9.67 Å². The molecule has 1 heterocycles. The van der Waals surface area contributed by atoms with Gasteiger partial charge in [-0.1, -0.05) is 12.1 Å². The van der Waals surface area contributed by atoms with E-state index in [0.29, 0.717) is 6.54 Å². The lowest BCUT2D eigenvalue weighted by molar-refractivity contribution is -0.384. The van der Waals surface area contributed by atoms with E-state index in [1.54, 1.807) is 18.5 Å². The average Bonchev–Trinajstić information content (AvgIpc) is 2.91. The SMILES string of the molecule is CCn1ncnc1CNCCc1ccc([N+](=O)[O-])cc1. The Hall–Kier alpha value is -2.28. The number of nitro benzene ring substituents is 1. The smallest absolute Gasteiger partial charge is 0.269 e. The summed E-state index contributed by atoms with van der Waals surface area (Å²) in [5, 5.41) is 17.9. The Morgan fingerprint density at radius 3 is 2.75 bits per heavy atom. The number of rotatable bonds is 7.